The van der Waals surface area contributed by atoms with E-state index in [2.05, 4.69) is 15.7 Å². The van der Waals surface area contributed by atoms with Crippen LogP contribution >= 0.6 is 11.3 Å². The van der Waals surface area contributed by atoms with Gasteiger partial charge < -0.3 is 10.1 Å². The molecule has 8 nitrogen and oxygen atoms in total. The zero-order chi connectivity index (χ0) is 22.9. The van der Waals surface area contributed by atoms with Crippen LogP contribution in [-0.2, 0) is 10.3 Å². The summed E-state index contributed by atoms with van der Waals surface area (Å²) in [6, 6.07) is 15.6. The molecule has 4 amide bonds. The number of methoxy groups -OCH3 is 1. The van der Waals surface area contributed by atoms with Gasteiger partial charge in [0.2, 0.25) is 0 Å². The first-order valence-electron chi connectivity index (χ1n) is 10.0. The number of aromatic nitrogens is 1. The number of hydrogen-bond donors (Lipinski definition) is 2. The summed E-state index contributed by atoms with van der Waals surface area (Å²) >= 11 is 1.19. The van der Waals surface area contributed by atoms with Gasteiger partial charge in [0.25, 0.3) is 11.8 Å². The number of nitrogens with one attached hydrogen (secondary N) is 2. The molecule has 3 aromatic rings. The number of urea groups is 1. The number of amides is 4. The minimum atomic E-state index is -1.22. The van der Waals surface area contributed by atoms with Crippen molar-refractivity contribution in [2.75, 3.05) is 7.11 Å². The number of hydrogen-bond acceptors (Lipinski definition) is 6. The first kappa shape index (κ1) is 21.5. The molecule has 0 radical (unpaired) electrons. The number of thiazole rings is 1. The van der Waals surface area contributed by atoms with Crippen molar-refractivity contribution in [3.8, 4) is 16.3 Å². The van der Waals surface area contributed by atoms with Crippen LogP contribution in [0.25, 0.3) is 10.6 Å². The van der Waals surface area contributed by atoms with Gasteiger partial charge in [-0.3, -0.25) is 15.0 Å². The van der Waals surface area contributed by atoms with Crippen LogP contribution in [0.1, 0.15) is 34.3 Å². The van der Waals surface area contributed by atoms with Crippen molar-refractivity contribution >= 4 is 29.2 Å². The number of nitrogens with zero attached hydrogens (tertiary/aromatic N) is 2. The smallest absolute Gasteiger partial charge is 0.344 e. The normalized spacial score (nSPS) is 17.9. The maximum Gasteiger partial charge on any atom is 0.344 e. The molecule has 0 bridgehead atoms. The molecule has 1 saturated heterocycles. The van der Waals surface area contributed by atoms with Gasteiger partial charge >= 0.3 is 6.03 Å². The average molecular weight is 451 g/mol. The second-order valence-corrected chi connectivity index (χ2v) is 8.30. The van der Waals surface area contributed by atoms with Crippen LogP contribution in [0, 0.1) is 6.92 Å². The van der Waals surface area contributed by atoms with Crippen molar-refractivity contribution in [3.63, 3.8) is 0 Å². The number of aryl methyl sites for hydroxylation is 1. The number of rotatable bonds is 6. The van der Waals surface area contributed by atoms with Crippen LogP contribution in [0.5, 0.6) is 5.75 Å². The van der Waals surface area contributed by atoms with E-state index < -0.39 is 23.4 Å². The predicted molar refractivity (Wildman–Crippen MR) is 120 cm³/mol. The van der Waals surface area contributed by atoms with E-state index in [4.69, 9.17) is 4.74 Å². The Kier molecular flexibility index (Phi) is 5.67. The SMILES string of the molecule is CCC1(c2ccccc2)NC(=O)N(NC(=O)c2sc(-c3ccc(OC)cc3)nc2C)C1=O. The minimum absolute atomic E-state index is 0.324. The molecule has 1 aliphatic rings. The lowest BCUT2D eigenvalue weighted by Crippen LogP contribution is -2.48. The molecule has 2 aromatic carbocycles. The zero-order valence-electron chi connectivity index (χ0n) is 17.8. The van der Waals surface area contributed by atoms with Gasteiger partial charge in [0.15, 0.2) is 0 Å². The van der Waals surface area contributed by atoms with Gasteiger partial charge in [-0.2, -0.15) is 5.01 Å². The van der Waals surface area contributed by atoms with E-state index in [0.717, 1.165) is 16.3 Å². The van der Waals surface area contributed by atoms with E-state index in [9.17, 15) is 14.4 Å². The first-order chi connectivity index (χ1) is 15.4. The maximum absolute atomic E-state index is 13.2. The number of imide groups is 1. The Balaban J connectivity index is 1.57. The maximum atomic E-state index is 13.2. The zero-order valence-corrected chi connectivity index (χ0v) is 18.7. The van der Waals surface area contributed by atoms with Gasteiger partial charge in [0.05, 0.1) is 12.8 Å². The number of carbonyl (C=O) groups is 3. The lowest BCUT2D eigenvalue weighted by atomic mass is 9.87. The third-order valence-electron chi connectivity index (χ3n) is 5.44. The summed E-state index contributed by atoms with van der Waals surface area (Å²) in [5.74, 6) is -0.373. The Morgan fingerprint density at radius 2 is 1.84 bits per heavy atom. The fourth-order valence-corrected chi connectivity index (χ4v) is 4.62. The van der Waals surface area contributed by atoms with Gasteiger partial charge in [-0.25, -0.2) is 9.78 Å². The van der Waals surface area contributed by atoms with Crippen LogP contribution < -0.4 is 15.5 Å². The van der Waals surface area contributed by atoms with Gasteiger partial charge in [0.1, 0.15) is 21.2 Å². The molecule has 4 rings (SSSR count). The molecule has 0 spiro atoms. The molecule has 9 heteroatoms. The van der Waals surface area contributed by atoms with Crippen molar-refractivity contribution < 1.29 is 19.1 Å². The fraction of sp³-hybridized carbons (Fsp3) is 0.217. The van der Waals surface area contributed by atoms with Crippen LogP contribution in [0.4, 0.5) is 4.79 Å². The highest BCUT2D eigenvalue weighted by Crippen LogP contribution is 2.32. The Labute approximate surface area is 189 Å². The lowest BCUT2D eigenvalue weighted by Gasteiger charge is -2.25. The highest BCUT2D eigenvalue weighted by Gasteiger charge is 2.52. The minimum Gasteiger partial charge on any atom is -0.497 e. The number of ether oxygens (including phenoxy) is 1. The summed E-state index contributed by atoms with van der Waals surface area (Å²) in [4.78, 5) is 43.6. The van der Waals surface area contributed by atoms with Gasteiger partial charge in [-0.05, 0) is 43.2 Å². The van der Waals surface area contributed by atoms with Crippen molar-refractivity contribution in [2.24, 2.45) is 0 Å². The second-order valence-electron chi connectivity index (χ2n) is 7.30. The van der Waals surface area contributed by atoms with E-state index in [-0.39, 0.29) is 0 Å². The fourth-order valence-electron chi connectivity index (χ4n) is 3.66. The number of carbonyl (C=O) groups excluding carboxylic acids is 3. The van der Waals surface area contributed by atoms with E-state index >= 15 is 0 Å². The highest BCUT2D eigenvalue weighted by atomic mass is 32.1. The quantitative estimate of drug-likeness (QED) is 0.559. The molecule has 1 unspecified atom stereocenters. The van der Waals surface area contributed by atoms with Crippen molar-refractivity contribution in [1.29, 1.82) is 0 Å². The Morgan fingerprint density at radius 1 is 1.16 bits per heavy atom. The molecular formula is C23H22N4O4S. The Bertz CT molecular complexity index is 1180. The summed E-state index contributed by atoms with van der Waals surface area (Å²) in [5, 5.41) is 4.15. The summed E-state index contributed by atoms with van der Waals surface area (Å²) < 4.78 is 5.17. The predicted octanol–water partition coefficient (Wildman–Crippen LogP) is 3.63. The highest BCUT2D eigenvalue weighted by molar-refractivity contribution is 7.17. The molecule has 1 aromatic heterocycles. The van der Waals surface area contributed by atoms with Crippen molar-refractivity contribution in [2.45, 2.75) is 25.8 Å². The Hall–Kier alpha value is -3.72. The molecule has 164 valence electrons. The first-order valence-corrected chi connectivity index (χ1v) is 10.9. The van der Waals surface area contributed by atoms with Crippen LogP contribution in [0.2, 0.25) is 0 Å². The van der Waals surface area contributed by atoms with Gasteiger partial charge in [-0.15, -0.1) is 11.3 Å². The molecule has 1 aliphatic heterocycles. The summed E-state index contributed by atoms with van der Waals surface area (Å²) in [7, 11) is 1.59. The van der Waals surface area contributed by atoms with Gasteiger partial charge in [0, 0.05) is 5.56 Å². The molecule has 0 saturated carbocycles. The third kappa shape index (κ3) is 3.60. The molecular weight excluding hydrogens is 428 g/mol. The van der Waals surface area contributed by atoms with Crippen LogP contribution in [-0.4, -0.2) is 34.9 Å². The summed E-state index contributed by atoms with van der Waals surface area (Å²) in [6.45, 7) is 3.52. The second kappa shape index (κ2) is 8.43. The molecule has 1 fully saturated rings. The van der Waals surface area contributed by atoms with E-state index in [0.29, 0.717) is 27.6 Å². The van der Waals surface area contributed by atoms with E-state index in [1.54, 1.807) is 38.3 Å². The topological polar surface area (TPSA) is 101 Å². The van der Waals surface area contributed by atoms with Crippen LogP contribution in [0.3, 0.4) is 0 Å². The molecule has 32 heavy (non-hydrogen) atoms. The Morgan fingerprint density at radius 3 is 2.47 bits per heavy atom. The molecule has 2 N–H and O–H groups in total. The standard InChI is InChI=1S/C23H22N4O4S/c1-4-23(16-8-6-5-7-9-16)21(29)27(22(30)25-23)26-19(28)18-14(2)24-20(32-18)15-10-12-17(31-3)13-11-15/h5-13H,4H2,1-3H3,(H,25,30)(H,26,28). The average Bonchev–Trinajstić information content (AvgIpc) is 3.33. The molecule has 2 heterocycles. The van der Waals surface area contributed by atoms with E-state index in [1.807, 2.05) is 37.3 Å². The largest absolute Gasteiger partial charge is 0.497 e. The summed E-state index contributed by atoms with van der Waals surface area (Å²) in [6.07, 6.45) is 0.342. The molecule has 1 atom stereocenters. The third-order valence-corrected chi connectivity index (χ3v) is 6.65. The number of benzene rings is 2. The van der Waals surface area contributed by atoms with E-state index in [1.165, 1.54) is 11.3 Å². The van der Waals surface area contributed by atoms with Crippen LogP contribution in [0.15, 0.2) is 54.6 Å². The van der Waals surface area contributed by atoms with Crippen molar-refractivity contribution in [3.05, 3.63) is 70.7 Å². The monoisotopic (exact) mass is 450 g/mol. The summed E-state index contributed by atoms with van der Waals surface area (Å²) in [5.41, 5.74) is 3.25. The number of hydrazine groups is 1. The lowest BCUT2D eigenvalue weighted by molar-refractivity contribution is -0.133. The van der Waals surface area contributed by atoms with Gasteiger partial charge in [-0.1, -0.05) is 37.3 Å². The van der Waals surface area contributed by atoms with Crippen molar-refractivity contribution in [1.82, 2.24) is 20.7 Å². The molecule has 0 aliphatic carbocycles.